The van der Waals surface area contributed by atoms with E-state index < -0.39 is 12.7 Å². The summed E-state index contributed by atoms with van der Waals surface area (Å²) < 4.78 is 17.8. The number of hydrogen-bond donors (Lipinski definition) is 1. The summed E-state index contributed by atoms with van der Waals surface area (Å²) in [6, 6.07) is 7.51. The Balaban J connectivity index is 2.71. The van der Waals surface area contributed by atoms with E-state index in [9.17, 15) is 4.39 Å². The number of nitrogens with two attached hydrogens (primary N) is 1. The van der Waals surface area contributed by atoms with Crippen LogP contribution in [0.15, 0.2) is 24.3 Å². The summed E-state index contributed by atoms with van der Waals surface area (Å²) in [7, 11) is 1.56. The lowest BCUT2D eigenvalue weighted by molar-refractivity contribution is 0.0720. The molecular formula is C14H22FNO. The molecule has 0 aliphatic rings. The molecular weight excluding hydrogens is 217 g/mol. The summed E-state index contributed by atoms with van der Waals surface area (Å²) in [6.07, 6.45) is 3.11. The number of ether oxygens (including phenoxy) is 1. The zero-order chi connectivity index (χ0) is 12.7. The molecule has 0 saturated heterocycles. The highest BCUT2D eigenvalue weighted by Gasteiger charge is 2.18. The van der Waals surface area contributed by atoms with E-state index in [4.69, 9.17) is 10.5 Å². The maximum atomic E-state index is 12.6. The van der Waals surface area contributed by atoms with E-state index in [1.54, 1.807) is 7.11 Å². The van der Waals surface area contributed by atoms with E-state index >= 15 is 0 Å². The average molecular weight is 239 g/mol. The minimum absolute atomic E-state index is 0.361. The summed E-state index contributed by atoms with van der Waals surface area (Å²) in [5, 5.41) is 0. The van der Waals surface area contributed by atoms with Crippen LogP contribution in [0.2, 0.25) is 0 Å². The van der Waals surface area contributed by atoms with Crippen molar-refractivity contribution in [2.24, 2.45) is 5.73 Å². The zero-order valence-electron chi connectivity index (χ0n) is 10.7. The Morgan fingerprint density at radius 3 is 2.41 bits per heavy atom. The van der Waals surface area contributed by atoms with Crippen LogP contribution in [0.5, 0.6) is 0 Å². The lowest BCUT2D eigenvalue weighted by Gasteiger charge is -2.20. The molecule has 1 aromatic carbocycles. The van der Waals surface area contributed by atoms with Gasteiger partial charge in [-0.2, -0.15) is 0 Å². The smallest absolute Gasteiger partial charge is 0.107 e. The van der Waals surface area contributed by atoms with E-state index in [2.05, 4.69) is 19.1 Å². The highest BCUT2D eigenvalue weighted by atomic mass is 19.1. The van der Waals surface area contributed by atoms with Gasteiger partial charge in [-0.05, 0) is 24.0 Å². The molecule has 0 aromatic heterocycles. The van der Waals surface area contributed by atoms with Crippen molar-refractivity contribution in [1.82, 2.24) is 0 Å². The Morgan fingerprint density at radius 2 is 1.94 bits per heavy atom. The van der Waals surface area contributed by atoms with Crippen LogP contribution in [0, 0.1) is 0 Å². The molecule has 2 N–H and O–H groups in total. The van der Waals surface area contributed by atoms with Crippen molar-refractivity contribution >= 4 is 0 Å². The molecule has 0 fully saturated rings. The highest BCUT2D eigenvalue weighted by molar-refractivity contribution is 5.25. The van der Waals surface area contributed by atoms with E-state index in [0.29, 0.717) is 0 Å². The number of benzene rings is 1. The minimum atomic E-state index is -0.596. The molecule has 0 amide bonds. The Hall–Kier alpha value is -0.930. The number of hydrogen-bond acceptors (Lipinski definition) is 2. The highest BCUT2D eigenvalue weighted by Crippen LogP contribution is 2.21. The van der Waals surface area contributed by atoms with Gasteiger partial charge in [0, 0.05) is 7.11 Å². The van der Waals surface area contributed by atoms with Gasteiger partial charge in [-0.3, -0.25) is 0 Å². The molecule has 0 spiro atoms. The van der Waals surface area contributed by atoms with Crippen LogP contribution in [0.3, 0.4) is 0 Å². The first-order valence-electron chi connectivity index (χ1n) is 6.16. The molecule has 0 saturated carbocycles. The van der Waals surface area contributed by atoms with Crippen LogP contribution < -0.4 is 5.73 Å². The van der Waals surface area contributed by atoms with Crippen molar-refractivity contribution < 1.29 is 9.13 Å². The second-order valence-electron chi connectivity index (χ2n) is 4.32. The molecule has 0 radical (unpaired) electrons. The predicted molar refractivity (Wildman–Crippen MR) is 68.8 cm³/mol. The zero-order valence-corrected chi connectivity index (χ0v) is 10.7. The molecule has 0 heterocycles. The monoisotopic (exact) mass is 239 g/mol. The fraction of sp³-hybridized carbons (Fsp3) is 0.571. The molecule has 3 heteroatoms. The Kier molecular flexibility index (Phi) is 6.16. The summed E-state index contributed by atoms with van der Waals surface area (Å²) in [4.78, 5) is 0. The fourth-order valence-electron chi connectivity index (χ4n) is 1.89. The van der Waals surface area contributed by atoms with Gasteiger partial charge in [0.05, 0.1) is 12.1 Å². The molecule has 1 aromatic rings. The van der Waals surface area contributed by atoms with Crippen molar-refractivity contribution in [3.05, 3.63) is 35.4 Å². The lowest BCUT2D eigenvalue weighted by atomic mass is 10.0. The number of halogens is 1. The molecule has 0 aliphatic heterocycles. The van der Waals surface area contributed by atoms with Crippen LogP contribution in [-0.4, -0.2) is 19.8 Å². The van der Waals surface area contributed by atoms with Crippen LogP contribution in [-0.2, 0) is 11.2 Å². The van der Waals surface area contributed by atoms with Crippen LogP contribution in [0.25, 0.3) is 0 Å². The van der Waals surface area contributed by atoms with Gasteiger partial charge in [-0.15, -0.1) is 0 Å². The first kappa shape index (κ1) is 14.1. The lowest BCUT2D eigenvalue weighted by Crippen LogP contribution is -2.31. The molecule has 0 aliphatic carbocycles. The summed E-state index contributed by atoms with van der Waals surface area (Å²) in [6.45, 7) is 1.60. The molecule has 1 rings (SSSR count). The maximum absolute atomic E-state index is 12.6. The molecule has 2 unspecified atom stereocenters. The van der Waals surface area contributed by atoms with Crippen LogP contribution in [0.4, 0.5) is 4.39 Å². The van der Waals surface area contributed by atoms with Crippen LogP contribution in [0.1, 0.15) is 37.0 Å². The topological polar surface area (TPSA) is 35.2 Å². The van der Waals surface area contributed by atoms with Crippen molar-refractivity contribution in [2.45, 2.75) is 38.3 Å². The molecule has 2 nitrogen and oxygen atoms in total. The summed E-state index contributed by atoms with van der Waals surface area (Å²) in [5.41, 5.74) is 7.93. The number of alkyl halides is 1. The maximum Gasteiger partial charge on any atom is 0.107 e. The predicted octanol–water partition coefficient (Wildman–Crippen LogP) is 3.01. The molecule has 96 valence electrons. The molecule has 2 atom stereocenters. The van der Waals surface area contributed by atoms with Crippen LogP contribution >= 0.6 is 0 Å². The van der Waals surface area contributed by atoms with E-state index in [1.807, 2.05) is 12.1 Å². The molecule has 0 bridgehead atoms. The Morgan fingerprint density at radius 1 is 1.29 bits per heavy atom. The second kappa shape index (κ2) is 7.41. The van der Waals surface area contributed by atoms with Crippen molar-refractivity contribution in [3.63, 3.8) is 0 Å². The van der Waals surface area contributed by atoms with Crippen molar-refractivity contribution in [1.29, 1.82) is 0 Å². The summed E-state index contributed by atoms with van der Waals surface area (Å²) >= 11 is 0. The first-order chi connectivity index (χ1) is 8.22. The number of rotatable bonds is 7. The first-order valence-corrected chi connectivity index (χ1v) is 6.16. The third-order valence-electron chi connectivity index (χ3n) is 2.95. The standard InChI is InChI=1S/C14H22FNO/c1-3-4-5-11-6-8-12(9-7-11)14(17-2)13(16)10-15/h6-9,13-14H,3-5,10,16H2,1-2H3. The molecule has 17 heavy (non-hydrogen) atoms. The van der Waals surface area contributed by atoms with Gasteiger partial charge in [0.15, 0.2) is 0 Å². The third-order valence-corrected chi connectivity index (χ3v) is 2.95. The fourth-order valence-corrected chi connectivity index (χ4v) is 1.89. The van der Waals surface area contributed by atoms with Gasteiger partial charge >= 0.3 is 0 Å². The Labute approximate surface area is 103 Å². The second-order valence-corrected chi connectivity index (χ2v) is 4.32. The average Bonchev–Trinajstić information content (AvgIpc) is 2.38. The normalized spacial score (nSPS) is 14.6. The number of methoxy groups -OCH3 is 1. The quantitative estimate of drug-likeness (QED) is 0.793. The largest absolute Gasteiger partial charge is 0.375 e. The van der Waals surface area contributed by atoms with Gasteiger partial charge in [0.1, 0.15) is 6.67 Å². The van der Waals surface area contributed by atoms with Gasteiger partial charge < -0.3 is 10.5 Å². The summed E-state index contributed by atoms with van der Waals surface area (Å²) in [5.74, 6) is 0. The number of aryl methyl sites for hydroxylation is 1. The van der Waals surface area contributed by atoms with E-state index in [1.165, 1.54) is 18.4 Å². The van der Waals surface area contributed by atoms with E-state index in [-0.39, 0.29) is 6.10 Å². The SMILES string of the molecule is CCCCc1ccc(C(OC)C(N)CF)cc1. The van der Waals surface area contributed by atoms with Crippen molar-refractivity contribution in [3.8, 4) is 0 Å². The number of unbranched alkanes of at least 4 members (excludes halogenated alkanes) is 1. The Bertz CT molecular complexity index is 313. The van der Waals surface area contributed by atoms with Gasteiger partial charge in [-0.25, -0.2) is 4.39 Å². The minimum Gasteiger partial charge on any atom is -0.375 e. The van der Waals surface area contributed by atoms with Gasteiger partial charge in [0.25, 0.3) is 0 Å². The van der Waals surface area contributed by atoms with Crippen molar-refractivity contribution in [2.75, 3.05) is 13.8 Å². The third kappa shape index (κ3) is 4.10. The van der Waals surface area contributed by atoms with Gasteiger partial charge in [-0.1, -0.05) is 37.6 Å². The van der Waals surface area contributed by atoms with E-state index in [0.717, 1.165) is 12.0 Å². The van der Waals surface area contributed by atoms with Gasteiger partial charge in [0.2, 0.25) is 0 Å².